The van der Waals surface area contributed by atoms with Crippen molar-refractivity contribution in [3.05, 3.63) is 35.4 Å². The Morgan fingerprint density at radius 3 is 1.68 bits per heavy atom. The molecule has 0 aliphatic carbocycles. The molecule has 0 atom stereocenters. The first-order valence-corrected chi connectivity index (χ1v) is 8.95. The van der Waals surface area contributed by atoms with Crippen LogP contribution < -0.4 is 0 Å². The van der Waals surface area contributed by atoms with Crippen molar-refractivity contribution in [2.24, 2.45) is 5.92 Å². The number of benzene rings is 1. The molecule has 0 N–H and O–H groups in total. The Bertz CT molecular complexity index is 338. The standard InChI is InChI=1S/C9H12.C6H14.C4H8O.C2H6/c1-3-9-6-4-5-8(2)7-9;1-4-6(3)5-2;1-3-4(2)5;1-2/h4-7H,3H2,1-2H3;6H,4-5H2,1-3H3;3H2,1-2H3;1-2H3. The van der Waals surface area contributed by atoms with Crippen LogP contribution in [0.15, 0.2) is 24.3 Å². The molecule has 0 saturated carbocycles. The van der Waals surface area contributed by atoms with E-state index < -0.39 is 0 Å². The van der Waals surface area contributed by atoms with Gasteiger partial charge in [-0.15, -0.1) is 0 Å². The topological polar surface area (TPSA) is 17.1 Å². The Morgan fingerprint density at radius 2 is 1.50 bits per heavy atom. The molecule has 0 aliphatic rings. The zero-order valence-corrected chi connectivity index (χ0v) is 16.6. The molecule has 22 heavy (non-hydrogen) atoms. The van der Waals surface area contributed by atoms with Gasteiger partial charge in [-0.1, -0.05) is 91.1 Å². The molecular formula is C21H40O. The summed E-state index contributed by atoms with van der Waals surface area (Å²) in [5.74, 6) is 1.19. The van der Waals surface area contributed by atoms with Crippen LogP contribution in [0, 0.1) is 12.8 Å². The monoisotopic (exact) mass is 308 g/mol. The molecule has 130 valence electrons. The van der Waals surface area contributed by atoms with Gasteiger partial charge in [-0.25, -0.2) is 0 Å². The van der Waals surface area contributed by atoms with E-state index in [0.29, 0.717) is 6.42 Å². The molecule has 1 heteroatoms. The summed E-state index contributed by atoms with van der Waals surface area (Å²) in [6.07, 6.45) is 4.47. The van der Waals surface area contributed by atoms with Crippen molar-refractivity contribution in [1.82, 2.24) is 0 Å². The molecule has 0 amide bonds. The number of aryl methyl sites for hydroxylation is 2. The van der Waals surface area contributed by atoms with Gasteiger partial charge < -0.3 is 4.79 Å². The predicted octanol–water partition coefficient (Wildman–Crippen LogP) is 7.01. The number of Topliss-reactive ketones (excluding diaryl/α,β-unsaturated/α-hetero) is 1. The van der Waals surface area contributed by atoms with Crippen molar-refractivity contribution < 1.29 is 4.79 Å². The summed E-state index contributed by atoms with van der Waals surface area (Å²) in [5, 5.41) is 0. The van der Waals surface area contributed by atoms with Crippen molar-refractivity contribution in [3.8, 4) is 0 Å². The summed E-state index contributed by atoms with van der Waals surface area (Å²) in [7, 11) is 0. The van der Waals surface area contributed by atoms with Gasteiger partial charge in [0.15, 0.2) is 0 Å². The van der Waals surface area contributed by atoms with Crippen LogP contribution in [0.4, 0.5) is 0 Å². The molecule has 0 fully saturated rings. The van der Waals surface area contributed by atoms with Gasteiger partial charge in [0.05, 0.1) is 0 Å². The quantitative estimate of drug-likeness (QED) is 0.584. The van der Waals surface area contributed by atoms with Gasteiger partial charge in [0, 0.05) is 6.42 Å². The van der Waals surface area contributed by atoms with E-state index in [4.69, 9.17) is 0 Å². The van der Waals surface area contributed by atoms with Crippen LogP contribution in [0.2, 0.25) is 0 Å². The van der Waals surface area contributed by atoms with Crippen molar-refractivity contribution in [3.63, 3.8) is 0 Å². The van der Waals surface area contributed by atoms with Crippen LogP contribution in [-0.2, 0) is 11.2 Å². The van der Waals surface area contributed by atoms with Crippen molar-refractivity contribution in [2.75, 3.05) is 0 Å². The van der Waals surface area contributed by atoms with Gasteiger partial charge in [0.25, 0.3) is 0 Å². The summed E-state index contributed by atoms with van der Waals surface area (Å²) in [5.41, 5.74) is 2.78. The van der Waals surface area contributed by atoms with E-state index in [1.54, 1.807) is 6.92 Å². The molecule has 0 bridgehead atoms. The van der Waals surface area contributed by atoms with Crippen LogP contribution in [0.5, 0.6) is 0 Å². The van der Waals surface area contributed by atoms with Gasteiger partial charge >= 0.3 is 0 Å². The summed E-state index contributed by atoms with van der Waals surface area (Å²) in [4.78, 5) is 9.81. The first kappa shape index (κ1) is 25.8. The Balaban J connectivity index is -0.000000245. The second kappa shape index (κ2) is 19.9. The number of carbonyl (C=O) groups excluding carboxylic acids is 1. The number of ketones is 1. The highest BCUT2D eigenvalue weighted by Gasteiger charge is 1.88. The second-order valence-corrected chi connectivity index (χ2v) is 5.32. The lowest BCUT2D eigenvalue weighted by atomic mass is 10.1. The minimum atomic E-state index is 0.255. The van der Waals surface area contributed by atoms with Gasteiger partial charge in [0.2, 0.25) is 0 Å². The molecule has 0 spiro atoms. The first-order chi connectivity index (χ1) is 10.4. The zero-order chi connectivity index (χ0) is 18.0. The number of hydrogen-bond acceptors (Lipinski definition) is 1. The lowest BCUT2D eigenvalue weighted by Gasteiger charge is -1.98. The third-order valence-corrected chi connectivity index (χ3v) is 3.38. The largest absolute Gasteiger partial charge is 0.300 e. The average molecular weight is 309 g/mol. The van der Waals surface area contributed by atoms with Crippen molar-refractivity contribution in [2.45, 2.75) is 88.0 Å². The zero-order valence-electron chi connectivity index (χ0n) is 16.6. The molecule has 1 nitrogen and oxygen atoms in total. The summed E-state index contributed by atoms with van der Waals surface area (Å²) < 4.78 is 0. The molecule has 0 saturated heterocycles. The lowest BCUT2D eigenvalue weighted by molar-refractivity contribution is -0.116. The average Bonchev–Trinajstić information content (AvgIpc) is 2.56. The molecule has 0 heterocycles. The van der Waals surface area contributed by atoms with E-state index in [0.717, 1.165) is 12.3 Å². The maximum absolute atomic E-state index is 9.81. The van der Waals surface area contributed by atoms with E-state index in [-0.39, 0.29) is 5.78 Å². The second-order valence-electron chi connectivity index (χ2n) is 5.32. The Hall–Kier alpha value is -1.11. The van der Waals surface area contributed by atoms with Crippen LogP contribution in [0.25, 0.3) is 0 Å². The number of rotatable bonds is 4. The van der Waals surface area contributed by atoms with Crippen LogP contribution in [-0.4, -0.2) is 5.78 Å². The third kappa shape index (κ3) is 21.2. The third-order valence-electron chi connectivity index (χ3n) is 3.38. The van der Waals surface area contributed by atoms with E-state index in [1.165, 1.54) is 24.0 Å². The highest BCUT2D eigenvalue weighted by atomic mass is 16.1. The Labute approximate surface area is 140 Å². The fourth-order valence-corrected chi connectivity index (χ4v) is 1.22. The van der Waals surface area contributed by atoms with Gasteiger partial charge in [-0.2, -0.15) is 0 Å². The molecule has 1 aromatic carbocycles. The minimum Gasteiger partial charge on any atom is -0.300 e. The molecule has 1 aromatic rings. The highest BCUT2D eigenvalue weighted by molar-refractivity contribution is 5.74. The Morgan fingerprint density at radius 1 is 1.05 bits per heavy atom. The van der Waals surface area contributed by atoms with E-state index in [1.807, 2.05) is 20.8 Å². The lowest BCUT2D eigenvalue weighted by Crippen LogP contribution is -1.85. The first-order valence-electron chi connectivity index (χ1n) is 8.95. The summed E-state index contributed by atoms with van der Waals surface area (Å²) in [6.45, 7) is 18.5. The predicted molar refractivity (Wildman–Crippen MR) is 103 cm³/mol. The number of carbonyl (C=O) groups is 1. The smallest absolute Gasteiger partial charge is 0.129 e. The summed E-state index contributed by atoms with van der Waals surface area (Å²) in [6, 6.07) is 8.61. The maximum Gasteiger partial charge on any atom is 0.129 e. The van der Waals surface area contributed by atoms with Crippen LogP contribution in [0.3, 0.4) is 0 Å². The van der Waals surface area contributed by atoms with Gasteiger partial charge in [-0.05, 0) is 31.7 Å². The van der Waals surface area contributed by atoms with Crippen molar-refractivity contribution >= 4 is 5.78 Å². The molecule has 0 aliphatic heterocycles. The maximum atomic E-state index is 9.81. The van der Waals surface area contributed by atoms with Crippen LogP contribution >= 0.6 is 0 Å². The van der Waals surface area contributed by atoms with Crippen molar-refractivity contribution in [1.29, 1.82) is 0 Å². The molecule has 1 rings (SSSR count). The highest BCUT2D eigenvalue weighted by Crippen LogP contribution is 2.03. The van der Waals surface area contributed by atoms with E-state index in [2.05, 4.69) is 58.9 Å². The summed E-state index contributed by atoms with van der Waals surface area (Å²) >= 11 is 0. The van der Waals surface area contributed by atoms with Crippen LogP contribution in [0.1, 0.15) is 85.8 Å². The normalized spacial score (nSPS) is 8.64. The molecule has 0 aromatic heterocycles. The molecular weight excluding hydrogens is 268 g/mol. The van der Waals surface area contributed by atoms with Gasteiger partial charge in [-0.3, -0.25) is 0 Å². The fourth-order valence-electron chi connectivity index (χ4n) is 1.22. The number of hydrogen-bond donors (Lipinski definition) is 0. The molecule has 0 radical (unpaired) electrons. The minimum absolute atomic E-state index is 0.255. The molecule has 0 unspecified atom stereocenters. The van der Waals surface area contributed by atoms with E-state index in [9.17, 15) is 4.79 Å². The van der Waals surface area contributed by atoms with Gasteiger partial charge in [0.1, 0.15) is 5.78 Å². The van der Waals surface area contributed by atoms with E-state index >= 15 is 0 Å². The SMILES string of the molecule is CC.CCC(C)=O.CCC(C)CC.CCc1cccc(C)c1. The Kier molecular flexibility index (Phi) is 23.3. The fraction of sp³-hybridized carbons (Fsp3) is 0.667.